The molecule has 228 valence electrons. The van der Waals surface area contributed by atoms with Crippen LogP contribution in [0.25, 0.3) is 22.1 Å². The number of aromatic hydroxyl groups is 2. The van der Waals surface area contributed by atoms with Gasteiger partial charge in [-0.05, 0) is 17.7 Å². The largest absolute Gasteiger partial charge is 0.504 e. The Bertz CT molecular complexity index is 1470. The van der Waals surface area contributed by atoms with E-state index in [9.17, 15) is 45.6 Å². The molecule has 15 nitrogen and oxygen atoms in total. The van der Waals surface area contributed by atoms with E-state index in [-0.39, 0.29) is 40.4 Å². The van der Waals surface area contributed by atoms with Crippen molar-refractivity contribution in [2.24, 2.45) is 0 Å². The number of rotatable bonds is 7. The predicted molar refractivity (Wildman–Crippen MR) is 139 cm³/mol. The van der Waals surface area contributed by atoms with Crippen LogP contribution in [0.5, 0.6) is 23.0 Å². The highest BCUT2D eigenvalue weighted by molar-refractivity contribution is 5.98. The Kier molecular flexibility index (Phi) is 8.56. The summed E-state index contributed by atoms with van der Waals surface area (Å²) in [5.74, 6) is -0.710. The van der Waals surface area contributed by atoms with Crippen molar-refractivity contribution in [1.82, 2.24) is 0 Å². The molecule has 1 aromatic heterocycles. The molecule has 2 saturated heterocycles. The third kappa shape index (κ3) is 5.74. The molecule has 0 spiro atoms. The van der Waals surface area contributed by atoms with E-state index in [0.717, 1.165) is 6.07 Å². The van der Waals surface area contributed by atoms with Gasteiger partial charge in [0.25, 0.3) is 0 Å². The van der Waals surface area contributed by atoms with Crippen LogP contribution in [0.2, 0.25) is 0 Å². The number of phenolic OH excluding ortho intramolecular Hbond substituents is 2. The molecule has 2 aliphatic heterocycles. The molecule has 0 saturated carbocycles. The maximum Gasteiger partial charge on any atom is 0.336 e. The van der Waals surface area contributed by atoms with Gasteiger partial charge in [0.1, 0.15) is 59.8 Å². The number of hydrogen-bond acceptors (Lipinski definition) is 15. The van der Waals surface area contributed by atoms with Crippen LogP contribution in [0, 0.1) is 0 Å². The van der Waals surface area contributed by atoms with Crippen molar-refractivity contribution in [3.63, 3.8) is 0 Å². The molecule has 5 rings (SSSR count). The van der Waals surface area contributed by atoms with Crippen LogP contribution in [-0.4, -0.2) is 116 Å². The molecule has 3 aromatic rings. The van der Waals surface area contributed by atoms with Gasteiger partial charge in [0.15, 0.2) is 17.8 Å². The first kappa shape index (κ1) is 30.0. The second kappa shape index (κ2) is 12.0. The average molecular weight is 595 g/mol. The lowest BCUT2D eigenvalue weighted by atomic mass is 9.98. The summed E-state index contributed by atoms with van der Waals surface area (Å²) in [5, 5.41) is 81.4. The molecule has 0 aliphatic carbocycles. The first-order chi connectivity index (χ1) is 20.0. The zero-order valence-electron chi connectivity index (χ0n) is 22.0. The molecule has 3 heterocycles. The monoisotopic (exact) mass is 594 g/mol. The van der Waals surface area contributed by atoms with Crippen molar-refractivity contribution in [1.29, 1.82) is 0 Å². The smallest absolute Gasteiger partial charge is 0.336 e. The fourth-order valence-electron chi connectivity index (χ4n) is 4.76. The number of benzene rings is 2. The number of hydrogen-bond donors (Lipinski definition) is 8. The van der Waals surface area contributed by atoms with Crippen LogP contribution in [0.1, 0.15) is 0 Å². The summed E-state index contributed by atoms with van der Waals surface area (Å²) in [5.41, 5.74) is -0.249. The van der Waals surface area contributed by atoms with Gasteiger partial charge in [-0.2, -0.15) is 0 Å². The lowest BCUT2D eigenvalue weighted by Gasteiger charge is -2.41. The van der Waals surface area contributed by atoms with Crippen molar-refractivity contribution in [2.75, 3.05) is 20.3 Å². The molecule has 8 N–H and O–H groups in total. The summed E-state index contributed by atoms with van der Waals surface area (Å²) in [4.78, 5) is 12.4. The molecule has 15 heteroatoms. The van der Waals surface area contributed by atoms with Gasteiger partial charge >= 0.3 is 5.63 Å². The minimum absolute atomic E-state index is 0.00522. The molecule has 2 aliphatic rings. The zero-order valence-corrected chi connectivity index (χ0v) is 22.0. The van der Waals surface area contributed by atoms with E-state index in [1.54, 1.807) is 0 Å². The van der Waals surface area contributed by atoms with Crippen LogP contribution in [0.15, 0.2) is 45.6 Å². The highest BCUT2D eigenvalue weighted by Gasteiger charge is 2.46. The van der Waals surface area contributed by atoms with E-state index < -0.39 is 73.3 Å². The van der Waals surface area contributed by atoms with Gasteiger partial charge in [-0.15, -0.1) is 0 Å². The highest BCUT2D eigenvalue weighted by atomic mass is 16.7. The Morgan fingerprint density at radius 1 is 0.857 bits per heavy atom. The van der Waals surface area contributed by atoms with E-state index in [0.29, 0.717) is 5.56 Å². The predicted octanol–water partition coefficient (Wildman–Crippen LogP) is -1.48. The van der Waals surface area contributed by atoms with E-state index in [2.05, 4.69) is 0 Å². The van der Waals surface area contributed by atoms with Crippen molar-refractivity contribution >= 4 is 11.0 Å². The first-order valence-corrected chi connectivity index (χ1v) is 12.8. The second-order valence-electron chi connectivity index (χ2n) is 9.90. The van der Waals surface area contributed by atoms with E-state index in [4.69, 9.17) is 28.1 Å². The van der Waals surface area contributed by atoms with Gasteiger partial charge in [-0.1, -0.05) is 6.07 Å². The summed E-state index contributed by atoms with van der Waals surface area (Å²) in [7, 11) is 1.35. The summed E-state index contributed by atoms with van der Waals surface area (Å²) < 4.78 is 32.9. The average Bonchev–Trinajstić information content (AvgIpc) is 2.97. The molecule has 0 bridgehead atoms. The van der Waals surface area contributed by atoms with Crippen LogP contribution in [0.4, 0.5) is 0 Å². The summed E-state index contributed by atoms with van der Waals surface area (Å²) in [6, 6.07) is 7.80. The van der Waals surface area contributed by atoms with E-state index >= 15 is 0 Å². The van der Waals surface area contributed by atoms with Crippen LogP contribution in [-0.2, 0) is 14.2 Å². The standard InChI is InChI=1S/C27H30O15/c1-37-11-5-16-20(12(7-19(31)40-16)10-2-3-13(28)14(29)4-10)17(6-11)41-27-25(36)23(34)22(33)18(42-27)9-39-26-24(35)21(32)15(30)8-38-26/h2-7,15,18,21-30,32-36H,8-9H2,1H3/t15-,18+,21+,22-,23+,24-,25-,26+,27-/m1/s1. The topological polar surface area (TPSA) is 238 Å². The normalized spacial score (nSPS) is 31.6. The van der Waals surface area contributed by atoms with Crippen LogP contribution < -0.4 is 15.1 Å². The van der Waals surface area contributed by atoms with Crippen molar-refractivity contribution in [3.8, 4) is 34.1 Å². The quantitative estimate of drug-likeness (QED) is 0.115. The van der Waals surface area contributed by atoms with Gasteiger partial charge in [0.2, 0.25) is 6.29 Å². The number of fused-ring (bicyclic) bond motifs is 1. The fourth-order valence-corrected chi connectivity index (χ4v) is 4.76. The van der Waals surface area contributed by atoms with Gasteiger partial charge < -0.3 is 69.0 Å². The Morgan fingerprint density at radius 3 is 2.31 bits per heavy atom. The molecule has 0 radical (unpaired) electrons. The minimum atomic E-state index is -1.79. The summed E-state index contributed by atoms with van der Waals surface area (Å²) in [6.45, 7) is -0.828. The third-order valence-electron chi connectivity index (χ3n) is 7.09. The van der Waals surface area contributed by atoms with Gasteiger partial charge in [-0.25, -0.2) is 4.79 Å². The maximum atomic E-state index is 12.4. The number of aliphatic hydroxyl groups excluding tert-OH is 6. The van der Waals surface area contributed by atoms with Gasteiger partial charge in [-0.3, -0.25) is 0 Å². The number of phenols is 2. The lowest BCUT2D eigenvalue weighted by Crippen LogP contribution is -2.61. The van der Waals surface area contributed by atoms with Gasteiger partial charge in [0.05, 0.1) is 25.7 Å². The first-order valence-electron chi connectivity index (χ1n) is 12.8. The number of ether oxygens (including phenoxy) is 5. The Morgan fingerprint density at radius 2 is 1.60 bits per heavy atom. The van der Waals surface area contributed by atoms with Gasteiger partial charge in [0, 0.05) is 23.8 Å². The second-order valence-corrected chi connectivity index (χ2v) is 9.90. The van der Waals surface area contributed by atoms with E-state index in [1.165, 1.54) is 37.4 Å². The molecule has 0 unspecified atom stereocenters. The number of aliphatic hydroxyl groups is 6. The van der Waals surface area contributed by atoms with Crippen molar-refractivity contribution < 1.29 is 69.0 Å². The zero-order chi connectivity index (χ0) is 30.3. The van der Waals surface area contributed by atoms with Crippen LogP contribution in [0.3, 0.4) is 0 Å². The molecule has 2 fully saturated rings. The van der Waals surface area contributed by atoms with Crippen LogP contribution >= 0.6 is 0 Å². The minimum Gasteiger partial charge on any atom is -0.504 e. The Labute approximate surface area is 236 Å². The number of methoxy groups -OCH3 is 1. The molecule has 9 atom stereocenters. The maximum absolute atomic E-state index is 12.4. The fraction of sp³-hybridized carbons (Fsp3) is 0.444. The van der Waals surface area contributed by atoms with Crippen molar-refractivity contribution in [2.45, 2.75) is 55.3 Å². The molecular formula is C27H30O15. The third-order valence-corrected chi connectivity index (χ3v) is 7.09. The van der Waals surface area contributed by atoms with E-state index in [1.807, 2.05) is 0 Å². The Balaban J connectivity index is 1.47. The lowest BCUT2D eigenvalue weighted by molar-refractivity contribution is -0.307. The Hall–Kier alpha value is -3.51. The molecular weight excluding hydrogens is 564 g/mol. The summed E-state index contributed by atoms with van der Waals surface area (Å²) in [6.07, 6.45) is -14.1. The molecule has 42 heavy (non-hydrogen) atoms. The molecule has 2 aromatic carbocycles. The molecule has 0 amide bonds. The highest BCUT2D eigenvalue weighted by Crippen LogP contribution is 2.41. The SMILES string of the molecule is COc1cc(O[C@@H]2O[C@@H](CO[C@@H]3OC[C@@H](O)[C@H](O)[C@H]3O)[C@@H](O)[C@H](O)[C@H]2O)c2c(-c3ccc(O)c(O)c3)cc(=O)oc2c1. The van der Waals surface area contributed by atoms with Crippen molar-refractivity contribution in [3.05, 3.63) is 46.8 Å². The summed E-state index contributed by atoms with van der Waals surface area (Å²) >= 11 is 0.